The van der Waals surface area contributed by atoms with Crippen LogP contribution in [0.2, 0.25) is 0 Å². The van der Waals surface area contributed by atoms with Crippen LogP contribution in [0.3, 0.4) is 0 Å². The number of hydrogen-bond acceptors (Lipinski definition) is 1. The minimum atomic E-state index is 0.203. The van der Waals surface area contributed by atoms with Crippen LogP contribution in [0.5, 0.6) is 0 Å². The van der Waals surface area contributed by atoms with Gasteiger partial charge in [0, 0.05) is 12.3 Å². The molecule has 1 nitrogen and oxygen atoms in total. The fourth-order valence-electron chi connectivity index (χ4n) is 1.74. The van der Waals surface area contributed by atoms with Gasteiger partial charge in [-0.15, -0.1) is 0 Å². The molecule has 0 radical (unpaired) electrons. The molecule has 1 rings (SSSR count). The predicted octanol–water partition coefficient (Wildman–Crippen LogP) is 4.01. The van der Waals surface area contributed by atoms with Gasteiger partial charge in [-0.1, -0.05) is 50.6 Å². The van der Waals surface area contributed by atoms with E-state index in [1.807, 2.05) is 19.9 Å². The van der Waals surface area contributed by atoms with Crippen LogP contribution in [0.25, 0.3) is 0 Å². The Kier molecular flexibility index (Phi) is 5.84. The molecule has 1 aromatic rings. The van der Waals surface area contributed by atoms with Crippen LogP contribution in [-0.2, 0) is 11.2 Å². The van der Waals surface area contributed by atoms with Gasteiger partial charge in [0.2, 0.25) is 0 Å². The zero-order valence-electron chi connectivity index (χ0n) is 10.4. The summed E-state index contributed by atoms with van der Waals surface area (Å²) in [6.07, 6.45) is 5.29. The fraction of sp³-hybridized carbons (Fsp3) is 0.533. The van der Waals surface area contributed by atoms with E-state index in [9.17, 15) is 4.79 Å². The molecule has 0 bridgehead atoms. The third-order valence-corrected chi connectivity index (χ3v) is 2.88. The topological polar surface area (TPSA) is 17.1 Å². The molecule has 0 aliphatic heterocycles. The van der Waals surface area contributed by atoms with Crippen molar-refractivity contribution < 1.29 is 4.79 Å². The van der Waals surface area contributed by atoms with Crippen molar-refractivity contribution in [2.75, 3.05) is 0 Å². The van der Waals surface area contributed by atoms with E-state index in [2.05, 4.69) is 24.3 Å². The van der Waals surface area contributed by atoms with Crippen LogP contribution in [0, 0.1) is 5.92 Å². The first-order chi connectivity index (χ1) is 7.70. The average Bonchev–Trinajstić information content (AvgIpc) is 2.29. The van der Waals surface area contributed by atoms with Gasteiger partial charge in [0.25, 0.3) is 0 Å². The van der Waals surface area contributed by atoms with Crippen LogP contribution in [0.1, 0.15) is 45.1 Å². The maximum absolute atomic E-state index is 11.4. The predicted molar refractivity (Wildman–Crippen MR) is 68.5 cm³/mol. The standard InChI is InChI=1S/C15H22O/c1-13(2)15(16)12-8-4-7-11-14-9-5-3-6-10-14/h3,5-6,9-10,13H,4,7-8,11-12H2,1-2H3. The number of carbonyl (C=O) groups is 1. The summed E-state index contributed by atoms with van der Waals surface area (Å²) in [6, 6.07) is 10.5. The molecule has 0 saturated carbocycles. The van der Waals surface area contributed by atoms with Gasteiger partial charge >= 0.3 is 0 Å². The Morgan fingerprint density at radius 3 is 2.38 bits per heavy atom. The first kappa shape index (κ1) is 13.0. The second-order valence-corrected chi connectivity index (χ2v) is 4.67. The minimum absolute atomic E-state index is 0.203. The van der Waals surface area contributed by atoms with Crippen molar-refractivity contribution in [3.63, 3.8) is 0 Å². The Bertz CT molecular complexity index is 300. The largest absolute Gasteiger partial charge is 0.299 e. The van der Waals surface area contributed by atoms with Gasteiger partial charge in [-0.3, -0.25) is 4.79 Å². The molecule has 0 aliphatic carbocycles. The summed E-state index contributed by atoms with van der Waals surface area (Å²) in [5, 5.41) is 0. The highest BCUT2D eigenvalue weighted by Gasteiger charge is 2.05. The van der Waals surface area contributed by atoms with Gasteiger partial charge in [-0.25, -0.2) is 0 Å². The highest BCUT2D eigenvalue weighted by atomic mass is 16.1. The van der Waals surface area contributed by atoms with Crippen molar-refractivity contribution in [1.82, 2.24) is 0 Å². The monoisotopic (exact) mass is 218 g/mol. The molecule has 0 aliphatic rings. The highest BCUT2D eigenvalue weighted by molar-refractivity contribution is 5.80. The Labute approximate surface area is 98.9 Å². The molecule has 0 fully saturated rings. The number of benzene rings is 1. The third kappa shape index (κ3) is 5.11. The lowest BCUT2D eigenvalue weighted by atomic mass is 10.0. The van der Waals surface area contributed by atoms with Gasteiger partial charge in [0.1, 0.15) is 5.78 Å². The summed E-state index contributed by atoms with van der Waals surface area (Å²) in [5.74, 6) is 0.605. The molecule has 0 unspecified atom stereocenters. The Morgan fingerprint density at radius 2 is 1.75 bits per heavy atom. The quantitative estimate of drug-likeness (QED) is 0.632. The van der Waals surface area contributed by atoms with E-state index in [0.717, 1.165) is 25.7 Å². The van der Waals surface area contributed by atoms with Crippen LogP contribution in [0.15, 0.2) is 30.3 Å². The van der Waals surface area contributed by atoms with Gasteiger partial charge in [0.15, 0.2) is 0 Å². The molecule has 0 amide bonds. The lowest BCUT2D eigenvalue weighted by Gasteiger charge is -2.04. The number of aryl methyl sites for hydroxylation is 1. The number of carbonyl (C=O) groups excluding carboxylic acids is 1. The number of Topliss-reactive ketones (excluding diaryl/α,β-unsaturated/α-hetero) is 1. The number of rotatable bonds is 7. The molecular weight excluding hydrogens is 196 g/mol. The minimum Gasteiger partial charge on any atom is -0.299 e. The lowest BCUT2D eigenvalue weighted by Crippen LogP contribution is -2.06. The van der Waals surface area contributed by atoms with Gasteiger partial charge in [-0.2, -0.15) is 0 Å². The zero-order valence-corrected chi connectivity index (χ0v) is 10.4. The van der Waals surface area contributed by atoms with E-state index in [1.54, 1.807) is 0 Å². The summed E-state index contributed by atoms with van der Waals surface area (Å²) in [4.78, 5) is 11.4. The van der Waals surface area contributed by atoms with Crippen molar-refractivity contribution in [1.29, 1.82) is 0 Å². The molecule has 0 N–H and O–H groups in total. The number of hydrogen-bond donors (Lipinski definition) is 0. The van der Waals surface area contributed by atoms with Crippen molar-refractivity contribution in [3.8, 4) is 0 Å². The van der Waals surface area contributed by atoms with E-state index in [-0.39, 0.29) is 5.92 Å². The molecule has 0 saturated heterocycles. The maximum atomic E-state index is 11.4. The number of ketones is 1. The van der Waals surface area contributed by atoms with Crippen LogP contribution >= 0.6 is 0 Å². The summed E-state index contributed by atoms with van der Waals surface area (Å²) < 4.78 is 0. The zero-order chi connectivity index (χ0) is 11.8. The number of unbranched alkanes of at least 4 members (excludes halogenated alkanes) is 2. The third-order valence-electron chi connectivity index (χ3n) is 2.88. The second kappa shape index (κ2) is 7.21. The summed E-state index contributed by atoms with van der Waals surface area (Å²) in [7, 11) is 0. The van der Waals surface area contributed by atoms with E-state index in [4.69, 9.17) is 0 Å². The van der Waals surface area contributed by atoms with Gasteiger partial charge in [-0.05, 0) is 24.8 Å². The summed E-state index contributed by atoms with van der Waals surface area (Å²) >= 11 is 0. The van der Waals surface area contributed by atoms with Crippen molar-refractivity contribution in [2.24, 2.45) is 5.92 Å². The van der Waals surface area contributed by atoms with E-state index < -0.39 is 0 Å². The Balaban J connectivity index is 2.07. The van der Waals surface area contributed by atoms with Crippen LogP contribution in [0.4, 0.5) is 0 Å². The molecule has 0 atom stereocenters. The Hall–Kier alpha value is -1.11. The van der Waals surface area contributed by atoms with Crippen molar-refractivity contribution >= 4 is 5.78 Å². The molecular formula is C15H22O. The molecule has 1 aromatic carbocycles. The van der Waals surface area contributed by atoms with Crippen LogP contribution in [-0.4, -0.2) is 5.78 Å². The summed E-state index contributed by atoms with van der Waals surface area (Å²) in [5.41, 5.74) is 1.40. The molecule has 0 heterocycles. The lowest BCUT2D eigenvalue weighted by molar-refractivity contribution is -0.122. The molecule has 0 aromatic heterocycles. The van der Waals surface area contributed by atoms with Crippen molar-refractivity contribution in [3.05, 3.63) is 35.9 Å². The summed E-state index contributed by atoms with van der Waals surface area (Å²) in [6.45, 7) is 3.96. The second-order valence-electron chi connectivity index (χ2n) is 4.67. The molecule has 16 heavy (non-hydrogen) atoms. The average molecular weight is 218 g/mol. The molecule has 1 heteroatoms. The van der Waals surface area contributed by atoms with E-state index in [0.29, 0.717) is 5.78 Å². The van der Waals surface area contributed by atoms with E-state index >= 15 is 0 Å². The smallest absolute Gasteiger partial charge is 0.135 e. The first-order valence-corrected chi connectivity index (χ1v) is 6.27. The highest BCUT2D eigenvalue weighted by Crippen LogP contribution is 2.09. The Morgan fingerprint density at radius 1 is 1.06 bits per heavy atom. The normalized spacial score (nSPS) is 10.7. The maximum Gasteiger partial charge on any atom is 0.135 e. The SMILES string of the molecule is CC(C)C(=O)CCCCCc1ccccc1. The van der Waals surface area contributed by atoms with Crippen molar-refractivity contribution in [2.45, 2.75) is 46.0 Å². The van der Waals surface area contributed by atoms with Gasteiger partial charge < -0.3 is 0 Å². The molecule has 0 spiro atoms. The first-order valence-electron chi connectivity index (χ1n) is 6.27. The van der Waals surface area contributed by atoms with E-state index in [1.165, 1.54) is 12.0 Å². The van der Waals surface area contributed by atoms with Crippen LogP contribution < -0.4 is 0 Å². The van der Waals surface area contributed by atoms with Gasteiger partial charge in [0.05, 0.1) is 0 Å². The fourth-order valence-corrected chi connectivity index (χ4v) is 1.74. The molecule has 88 valence electrons.